The van der Waals surface area contributed by atoms with Gasteiger partial charge >= 0.3 is 5.69 Å². The van der Waals surface area contributed by atoms with Crippen LogP contribution >= 0.6 is 0 Å². The van der Waals surface area contributed by atoms with Gasteiger partial charge < -0.3 is 10.2 Å². The summed E-state index contributed by atoms with van der Waals surface area (Å²) in [7, 11) is 3.09. The fourth-order valence-electron chi connectivity index (χ4n) is 4.75. The Morgan fingerprint density at radius 2 is 1.61 bits per heavy atom. The van der Waals surface area contributed by atoms with Crippen LogP contribution in [-0.2, 0) is 25.4 Å². The molecule has 1 aliphatic heterocycles. The molecule has 2 aromatic heterocycles. The number of anilines is 2. The number of carbonyl (C=O) groups is 1. The summed E-state index contributed by atoms with van der Waals surface area (Å²) < 4.78 is 17.5. The highest BCUT2D eigenvalue weighted by Gasteiger charge is 2.26. The second-order valence-corrected chi connectivity index (χ2v) is 9.68. The molecule has 38 heavy (non-hydrogen) atoms. The van der Waals surface area contributed by atoms with Crippen LogP contribution in [0, 0.1) is 12.7 Å². The minimum atomic E-state index is -0.425. The second kappa shape index (κ2) is 10.3. The molecule has 4 aromatic rings. The van der Waals surface area contributed by atoms with Crippen LogP contribution in [0.2, 0.25) is 0 Å². The van der Waals surface area contributed by atoms with E-state index < -0.39 is 5.69 Å². The predicted molar refractivity (Wildman–Crippen MR) is 144 cm³/mol. The topological polar surface area (TPSA) is 97.4 Å². The van der Waals surface area contributed by atoms with Gasteiger partial charge in [-0.3, -0.25) is 28.2 Å². The predicted octanol–water partition coefficient (Wildman–Crippen LogP) is 1.69. The molecule has 0 bridgehead atoms. The molecule has 0 atom stereocenters. The van der Waals surface area contributed by atoms with Gasteiger partial charge in [0, 0.05) is 46.0 Å². The first-order valence-corrected chi connectivity index (χ1v) is 12.5. The normalized spacial score (nSPS) is 14.3. The van der Waals surface area contributed by atoms with Crippen molar-refractivity contribution in [2.24, 2.45) is 14.1 Å². The van der Waals surface area contributed by atoms with Crippen LogP contribution < -0.4 is 21.5 Å². The highest BCUT2D eigenvalue weighted by Crippen LogP contribution is 2.23. The van der Waals surface area contributed by atoms with Crippen molar-refractivity contribution in [3.05, 3.63) is 86.3 Å². The molecule has 1 saturated heterocycles. The molecule has 2 aromatic carbocycles. The smallest absolute Gasteiger partial charge is 0.332 e. The van der Waals surface area contributed by atoms with E-state index in [1.165, 1.54) is 35.9 Å². The maximum absolute atomic E-state index is 13.2. The first-order chi connectivity index (χ1) is 18.2. The van der Waals surface area contributed by atoms with E-state index in [9.17, 15) is 18.8 Å². The number of aryl methyl sites for hydroxylation is 2. The molecule has 0 unspecified atom stereocenters. The Labute approximate surface area is 218 Å². The largest absolute Gasteiger partial charge is 0.340 e. The molecule has 0 saturated carbocycles. The summed E-state index contributed by atoms with van der Waals surface area (Å²) >= 11 is 0. The molecular weight excluding hydrogens is 489 g/mol. The lowest BCUT2D eigenvalue weighted by Gasteiger charge is -2.35. The Hall–Kier alpha value is -4.25. The average molecular weight is 520 g/mol. The van der Waals surface area contributed by atoms with Crippen LogP contribution in [0.1, 0.15) is 11.1 Å². The highest BCUT2D eigenvalue weighted by atomic mass is 19.1. The summed E-state index contributed by atoms with van der Waals surface area (Å²) in [5.74, 6) is 0.0925. The number of benzene rings is 2. The zero-order valence-electron chi connectivity index (χ0n) is 21.6. The summed E-state index contributed by atoms with van der Waals surface area (Å²) in [6.45, 7) is 5.07. The molecule has 0 aliphatic carbocycles. The van der Waals surface area contributed by atoms with Gasteiger partial charge in [0.1, 0.15) is 5.82 Å². The van der Waals surface area contributed by atoms with Gasteiger partial charge in [-0.2, -0.15) is 4.98 Å². The van der Waals surface area contributed by atoms with Crippen molar-refractivity contribution >= 4 is 28.7 Å². The first kappa shape index (κ1) is 25.4. The molecule has 1 aliphatic rings. The molecular formula is C27H30FN7O3. The summed E-state index contributed by atoms with van der Waals surface area (Å²) in [5.41, 5.74) is 2.63. The number of imidazole rings is 1. The lowest BCUT2D eigenvalue weighted by Crippen LogP contribution is -2.49. The standard InChI is InChI=1S/C27H30FN7O3/c1-18-4-6-19(7-5-18)16-35-23-24(31(2)27(38)32(3)25(23)37)30-26(35)34-14-12-33(13-15-34)17-22(36)29-21-10-8-20(28)9-11-21/h4-11H,12-17H2,1-3H3,(H,29,36). The fraction of sp³-hybridized carbons (Fsp3) is 0.333. The van der Waals surface area contributed by atoms with Gasteiger partial charge in [-0.25, -0.2) is 9.18 Å². The van der Waals surface area contributed by atoms with Crippen LogP contribution in [0.25, 0.3) is 11.2 Å². The molecule has 10 nitrogen and oxygen atoms in total. The van der Waals surface area contributed by atoms with E-state index >= 15 is 0 Å². The minimum Gasteiger partial charge on any atom is -0.340 e. The number of amides is 1. The number of nitrogens with zero attached hydrogens (tertiary/aromatic N) is 6. The average Bonchev–Trinajstić information content (AvgIpc) is 3.28. The Kier molecular flexibility index (Phi) is 6.85. The van der Waals surface area contributed by atoms with E-state index in [0.717, 1.165) is 15.7 Å². The van der Waals surface area contributed by atoms with Gasteiger partial charge in [0.05, 0.1) is 13.1 Å². The Morgan fingerprint density at radius 1 is 0.947 bits per heavy atom. The summed E-state index contributed by atoms with van der Waals surface area (Å²) in [4.78, 5) is 47.2. The second-order valence-electron chi connectivity index (χ2n) is 9.68. The number of carbonyl (C=O) groups excluding carboxylic acids is 1. The number of hydrogen-bond donors (Lipinski definition) is 1. The van der Waals surface area contributed by atoms with Gasteiger partial charge in [0.2, 0.25) is 11.9 Å². The molecule has 0 radical (unpaired) electrons. The van der Waals surface area contributed by atoms with Crippen LogP contribution in [-0.4, -0.2) is 62.2 Å². The molecule has 0 spiro atoms. The zero-order valence-corrected chi connectivity index (χ0v) is 21.6. The number of aromatic nitrogens is 4. The van der Waals surface area contributed by atoms with E-state index in [1.54, 1.807) is 7.05 Å². The molecule has 198 valence electrons. The molecule has 5 rings (SSSR count). The number of nitrogens with one attached hydrogen (secondary N) is 1. The number of fused-ring (bicyclic) bond motifs is 1. The van der Waals surface area contributed by atoms with Crippen LogP contribution in [0.3, 0.4) is 0 Å². The zero-order chi connectivity index (χ0) is 27.0. The third-order valence-electron chi connectivity index (χ3n) is 6.94. The third kappa shape index (κ3) is 4.97. The minimum absolute atomic E-state index is 0.171. The van der Waals surface area contributed by atoms with Gasteiger partial charge in [0.25, 0.3) is 5.56 Å². The molecule has 11 heteroatoms. The molecule has 1 fully saturated rings. The summed E-state index contributed by atoms with van der Waals surface area (Å²) in [6.07, 6.45) is 0. The molecule has 1 N–H and O–H groups in total. The van der Waals surface area contributed by atoms with Gasteiger partial charge in [-0.1, -0.05) is 29.8 Å². The van der Waals surface area contributed by atoms with E-state index in [0.29, 0.717) is 55.5 Å². The lowest BCUT2D eigenvalue weighted by atomic mass is 10.1. The van der Waals surface area contributed by atoms with Crippen molar-refractivity contribution in [3.63, 3.8) is 0 Å². The van der Waals surface area contributed by atoms with E-state index in [-0.39, 0.29) is 23.8 Å². The Morgan fingerprint density at radius 3 is 2.26 bits per heavy atom. The number of piperazine rings is 1. The molecule has 3 heterocycles. The monoisotopic (exact) mass is 519 g/mol. The van der Waals surface area contributed by atoms with Gasteiger partial charge in [-0.05, 0) is 36.8 Å². The van der Waals surface area contributed by atoms with Crippen LogP contribution in [0.5, 0.6) is 0 Å². The first-order valence-electron chi connectivity index (χ1n) is 12.5. The highest BCUT2D eigenvalue weighted by molar-refractivity contribution is 5.92. The number of rotatable bonds is 6. The summed E-state index contributed by atoms with van der Waals surface area (Å²) in [5, 5.41) is 2.79. The summed E-state index contributed by atoms with van der Waals surface area (Å²) in [6, 6.07) is 13.8. The van der Waals surface area contributed by atoms with Crippen molar-refractivity contribution in [1.29, 1.82) is 0 Å². The van der Waals surface area contributed by atoms with Crippen LogP contribution in [0.15, 0.2) is 58.1 Å². The Balaban J connectivity index is 1.38. The van der Waals surface area contributed by atoms with E-state index in [1.807, 2.05) is 40.7 Å². The van der Waals surface area contributed by atoms with Crippen molar-refractivity contribution in [3.8, 4) is 0 Å². The quantitative estimate of drug-likeness (QED) is 0.417. The fourth-order valence-corrected chi connectivity index (χ4v) is 4.75. The molecule has 1 amide bonds. The van der Waals surface area contributed by atoms with Crippen LogP contribution in [0.4, 0.5) is 16.0 Å². The third-order valence-corrected chi connectivity index (χ3v) is 6.94. The van der Waals surface area contributed by atoms with E-state index in [2.05, 4.69) is 10.2 Å². The maximum Gasteiger partial charge on any atom is 0.332 e. The number of hydrogen-bond acceptors (Lipinski definition) is 6. The van der Waals surface area contributed by atoms with Crippen molar-refractivity contribution in [2.45, 2.75) is 13.5 Å². The maximum atomic E-state index is 13.2. The van der Waals surface area contributed by atoms with Crippen molar-refractivity contribution in [1.82, 2.24) is 23.6 Å². The Bertz CT molecular complexity index is 1600. The lowest BCUT2D eigenvalue weighted by molar-refractivity contribution is -0.117. The van der Waals surface area contributed by atoms with Crippen molar-refractivity contribution in [2.75, 3.05) is 42.9 Å². The number of halogens is 1. The van der Waals surface area contributed by atoms with Gasteiger partial charge in [-0.15, -0.1) is 0 Å². The van der Waals surface area contributed by atoms with E-state index in [4.69, 9.17) is 4.98 Å². The van der Waals surface area contributed by atoms with Gasteiger partial charge in [0.15, 0.2) is 11.2 Å². The van der Waals surface area contributed by atoms with Crippen molar-refractivity contribution < 1.29 is 9.18 Å². The SMILES string of the molecule is Cc1ccc(Cn2c(N3CCN(CC(=O)Nc4ccc(F)cc4)CC3)nc3c2c(=O)n(C)c(=O)n3C)cc1.